The lowest BCUT2D eigenvalue weighted by molar-refractivity contribution is -0.121. The van der Waals surface area contributed by atoms with Gasteiger partial charge >= 0.3 is 0 Å². The van der Waals surface area contributed by atoms with Gasteiger partial charge < -0.3 is 14.8 Å². The van der Waals surface area contributed by atoms with E-state index in [9.17, 15) is 4.79 Å². The second-order valence-corrected chi connectivity index (χ2v) is 4.09. The standard InChI is InChI=1S/C13H17NO3/c15-13-6-7-16-9-12(14-13)10-17-8-11-4-2-1-3-5-11/h1-5,12H,6-10H2,(H,14,15)/t12-/m0/s1. The third-order valence-corrected chi connectivity index (χ3v) is 2.59. The number of nitrogens with one attached hydrogen (secondary N) is 1. The van der Waals surface area contributed by atoms with Gasteiger partial charge in [-0.3, -0.25) is 4.79 Å². The van der Waals surface area contributed by atoms with E-state index >= 15 is 0 Å². The van der Waals surface area contributed by atoms with Crippen molar-refractivity contribution in [2.24, 2.45) is 0 Å². The van der Waals surface area contributed by atoms with Crippen LogP contribution >= 0.6 is 0 Å². The van der Waals surface area contributed by atoms with Crippen LogP contribution in [0.15, 0.2) is 30.3 Å². The highest BCUT2D eigenvalue weighted by Crippen LogP contribution is 2.02. The number of hydrogen-bond acceptors (Lipinski definition) is 3. The van der Waals surface area contributed by atoms with Crippen molar-refractivity contribution in [2.45, 2.75) is 19.1 Å². The Labute approximate surface area is 101 Å². The van der Waals surface area contributed by atoms with Crippen molar-refractivity contribution >= 4 is 5.91 Å². The van der Waals surface area contributed by atoms with Crippen LogP contribution in [0.1, 0.15) is 12.0 Å². The molecule has 0 aromatic heterocycles. The molecule has 1 aromatic carbocycles. The van der Waals surface area contributed by atoms with Crippen LogP contribution < -0.4 is 5.32 Å². The molecule has 92 valence electrons. The SMILES string of the molecule is O=C1CCOC[C@@H](COCc2ccccc2)N1. The van der Waals surface area contributed by atoms with Crippen molar-refractivity contribution in [2.75, 3.05) is 19.8 Å². The Morgan fingerprint density at radius 3 is 3.00 bits per heavy atom. The van der Waals surface area contributed by atoms with Crippen molar-refractivity contribution in [1.82, 2.24) is 5.32 Å². The lowest BCUT2D eigenvalue weighted by Crippen LogP contribution is -2.39. The van der Waals surface area contributed by atoms with Gasteiger partial charge in [0.05, 0.1) is 32.5 Å². The number of carbonyl (C=O) groups excluding carboxylic acids is 1. The summed E-state index contributed by atoms with van der Waals surface area (Å²) in [6.45, 7) is 2.08. The Morgan fingerprint density at radius 2 is 2.18 bits per heavy atom. The fraction of sp³-hybridized carbons (Fsp3) is 0.462. The predicted octanol–water partition coefficient (Wildman–Crippen LogP) is 1.11. The van der Waals surface area contributed by atoms with Gasteiger partial charge in [-0.15, -0.1) is 0 Å². The molecule has 2 rings (SSSR count). The maximum absolute atomic E-state index is 11.3. The lowest BCUT2D eigenvalue weighted by Gasteiger charge is -2.15. The van der Waals surface area contributed by atoms with Crippen LogP contribution in [0.5, 0.6) is 0 Å². The first-order valence-electron chi connectivity index (χ1n) is 5.83. The minimum absolute atomic E-state index is 0.0336. The molecule has 0 bridgehead atoms. The zero-order chi connectivity index (χ0) is 11.9. The smallest absolute Gasteiger partial charge is 0.222 e. The van der Waals surface area contributed by atoms with E-state index in [4.69, 9.17) is 9.47 Å². The molecule has 1 atom stereocenters. The van der Waals surface area contributed by atoms with E-state index in [1.54, 1.807) is 0 Å². The van der Waals surface area contributed by atoms with Crippen LogP contribution in [0.3, 0.4) is 0 Å². The summed E-state index contributed by atoms with van der Waals surface area (Å²) in [5.41, 5.74) is 1.13. The number of rotatable bonds is 4. The highest BCUT2D eigenvalue weighted by Gasteiger charge is 2.16. The third-order valence-electron chi connectivity index (χ3n) is 2.59. The normalized spacial score (nSPS) is 20.7. The molecule has 0 unspecified atom stereocenters. The Kier molecular flexibility index (Phi) is 4.53. The topological polar surface area (TPSA) is 47.6 Å². The van der Waals surface area contributed by atoms with Gasteiger partial charge in [0.2, 0.25) is 5.91 Å². The number of benzene rings is 1. The van der Waals surface area contributed by atoms with Gasteiger partial charge in [-0.25, -0.2) is 0 Å². The minimum Gasteiger partial charge on any atom is -0.379 e. The first kappa shape index (κ1) is 12.1. The van der Waals surface area contributed by atoms with E-state index in [-0.39, 0.29) is 11.9 Å². The molecule has 0 aliphatic carbocycles. The van der Waals surface area contributed by atoms with Crippen LogP contribution in [-0.2, 0) is 20.9 Å². The second-order valence-electron chi connectivity index (χ2n) is 4.09. The second kappa shape index (κ2) is 6.37. The zero-order valence-electron chi connectivity index (χ0n) is 9.72. The van der Waals surface area contributed by atoms with Crippen LogP contribution in [-0.4, -0.2) is 31.8 Å². The summed E-state index contributed by atoms with van der Waals surface area (Å²) in [7, 11) is 0. The number of ether oxygens (including phenoxy) is 2. The molecule has 1 saturated heterocycles. The molecule has 0 radical (unpaired) electrons. The third kappa shape index (κ3) is 4.17. The molecule has 0 saturated carbocycles. The van der Waals surface area contributed by atoms with Gasteiger partial charge in [0.1, 0.15) is 0 Å². The van der Waals surface area contributed by atoms with Crippen molar-refractivity contribution in [1.29, 1.82) is 0 Å². The molecule has 1 aliphatic rings. The number of amides is 1. The van der Waals surface area contributed by atoms with Gasteiger partial charge in [0, 0.05) is 6.42 Å². The summed E-state index contributed by atoms with van der Waals surface area (Å²) >= 11 is 0. The Balaban J connectivity index is 1.72. The molecule has 1 aromatic rings. The lowest BCUT2D eigenvalue weighted by atomic mass is 10.2. The average Bonchev–Trinajstić information content (AvgIpc) is 2.55. The Morgan fingerprint density at radius 1 is 1.35 bits per heavy atom. The minimum atomic E-state index is -0.0336. The highest BCUT2D eigenvalue weighted by atomic mass is 16.5. The van der Waals surface area contributed by atoms with Crippen LogP contribution in [0.4, 0.5) is 0 Å². The van der Waals surface area contributed by atoms with Gasteiger partial charge in [-0.2, -0.15) is 0 Å². The first-order chi connectivity index (χ1) is 8.34. The monoisotopic (exact) mass is 235 g/mol. The van der Waals surface area contributed by atoms with Gasteiger partial charge in [0.15, 0.2) is 0 Å². The Hall–Kier alpha value is -1.39. The van der Waals surface area contributed by atoms with Crippen LogP contribution in [0.2, 0.25) is 0 Å². The van der Waals surface area contributed by atoms with Gasteiger partial charge in [-0.1, -0.05) is 30.3 Å². The van der Waals surface area contributed by atoms with Crippen molar-refractivity contribution in [3.05, 3.63) is 35.9 Å². The molecule has 1 aliphatic heterocycles. The predicted molar refractivity (Wildman–Crippen MR) is 63.5 cm³/mol. The van der Waals surface area contributed by atoms with E-state index in [1.807, 2.05) is 30.3 Å². The molecule has 1 N–H and O–H groups in total. The maximum atomic E-state index is 11.3. The molecule has 4 nitrogen and oxygen atoms in total. The summed E-state index contributed by atoms with van der Waals surface area (Å²) < 4.78 is 10.9. The Bertz CT molecular complexity index is 353. The summed E-state index contributed by atoms with van der Waals surface area (Å²) in [4.78, 5) is 11.3. The first-order valence-corrected chi connectivity index (χ1v) is 5.83. The van der Waals surface area contributed by atoms with Gasteiger partial charge in [-0.05, 0) is 5.56 Å². The van der Waals surface area contributed by atoms with E-state index in [2.05, 4.69) is 5.32 Å². The molecular formula is C13H17NO3. The zero-order valence-corrected chi connectivity index (χ0v) is 9.72. The molecule has 4 heteroatoms. The molecule has 1 amide bonds. The quantitative estimate of drug-likeness (QED) is 0.850. The summed E-state index contributed by atoms with van der Waals surface area (Å²) in [6.07, 6.45) is 0.440. The molecule has 1 fully saturated rings. The fourth-order valence-corrected chi connectivity index (χ4v) is 1.72. The fourth-order valence-electron chi connectivity index (χ4n) is 1.72. The summed E-state index contributed by atoms with van der Waals surface area (Å²) in [5.74, 6) is 0.0378. The van der Waals surface area contributed by atoms with E-state index in [0.29, 0.717) is 32.8 Å². The molecule has 17 heavy (non-hydrogen) atoms. The molecule has 1 heterocycles. The van der Waals surface area contributed by atoms with Crippen molar-refractivity contribution < 1.29 is 14.3 Å². The van der Waals surface area contributed by atoms with E-state index in [0.717, 1.165) is 5.56 Å². The van der Waals surface area contributed by atoms with Crippen LogP contribution in [0, 0.1) is 0 Å². The van der Waals surface area contributed by atoms with Crippen LogP contribution in [0.25, 0.3) is 0 Å². The van der Waals surface area contributed by atoms with E-state index < -0.39 is 0 Å². The largest absolute Gasteiger partial charge is 0.379 e. The van der Waals surface area contributed by atoms with Crippen molar-refractivity contribution in [3.63, 3.8) is 0 Å². The number of hydrogen-bond donors (Lipinski definition) is 1. The molecule has 0 spiro atoms. The highest BCUT2D eigenvalue weighted by molar-refractivity contribution is 5.76. The average molecular weight is 235 g/mol. The molecular weight excluding hydrogens is 218 g/mol. The summed E-state index contributed by atoms with van der Waals surface area (Å²) in [5, 5.41) is 2.88. The van der Waals surface area contributed by atoms with Crippen molar-refractivity contribution in [3.8, 4) is 0 Å². The number of carbonyl (C=O) groups is 1. The maximum Gasteiger partial charge on any atom is 0.222 e. The summed E-state index contributed by atoms with van der Waals surface area (Å²) in [6, 6.07) is 9.94. The van der Waals surface area contributed by atoms with Gasteiger partial charge in [0.25, 0.3) is 0 Å². The van der Waals surface area contributed by atoms with E-state index in [1.165, 1.54) is 0 Å².